The number of amides is 1. The predicted molar refractivity (Wildman–Crippen MR) is 66.5 cm³/mol. The third-order valence-electron chi connectivity index (χ3n) is 2.91. The SMILES string of the molecule is Cc1noc(C)c1NC(=O)c1ccc2c(c1)OCO2. The second-order valence-electron chi connectivity index (χ2n) is 4.22. The van der Waals surface area contributed by atoms with Gasteiger partial charge in [-0.05, 0) is 32.0 Å². The lowest BCUT2D eigenvalue weighted by atomic mass is 10.2. The number of aromatic nitrogens is 1. The van der Waals surface area contributed by atoms with E-state index < -0.39 is 0 Å². The van der Waals surface area contributed by atoms with Gasteiger partial charge in [0.25, 0.3) is 5.91 Å². The first-order valence-electron chi connectivity index (χ1n) is 5.79. The molecule has 19 heavy (non-hydrogen) atoms. The van der Waals surface area contributed by atoms with Crippen LogP contribution in [0.1, 0.15) is 21.8 Å². The maximum atomic E-state index is 12.1. The minimum Gasteiger partial charge on any atom is -0.454 e. The average molecular weight is 260 g/mol. The number of benzene rings is 1. The maximum absolute atomic E-state index is 12.1. The molecule has 1 aliphatic heterocycles. The molecule has 3 rings (SSSR count). The van der Waals surface area contributed by atoms with Crippen LogP contribution in [0.5, 0.6) is 11.5 Å². The Balaban J connectivity index is 1.85. The van der Waals surface area contributed by atoms with Gasteiger partial charge in [0.1, 0.15) is 11.4 Å². The summed E-state index contributed by atoms with van der Waals surface area (Å²) >= 11 is 0. The molecule has 1 aliphatic rings. The van der Waals surface area contributed by atoms with Gasteiger partial charge in [0.2, 0.25) is 6.79 Å². The van der Waals surface area contributed by atoms with Crippen molar-refractivity contribution in [3.05, 3.63) is 35.2 Å². The average Bonchev–Trinajstić information content (AvgIpc) is 2.99. The summed E-state index contributed by atoms with van der Waals surface area (Å²) in [4.78, 5) is 12.1. The summed E-state index contributed by atoms with van der Waals surface area (Å²) in [5.41, 5.74) is 1.73. The number of nitrogens with zero attached hydrogens (tertiary/aromatic N) is 1. The first kappa shape index (κ1) is 11.6. The van der Waals surface area contributed by atoms with Crippen molar-refractivity contribution in [2.45, 2.75) is 13.8 Å². The highest BCUT2D eigenvalue weighted by molar-refractivity contribution is 6.05. The van der Waals surface area contributed by atoms with Gasteiger partial charge in [0.05, 0.1) is 0 Å². The second kappa shape index (κ2) is 4.31. The normalized spacial score (nSPS) is 12.5. The molecule has 0 bridgehead atoms. The molecule has 0 atom stereocenters. The number of hydrogen-bond acceptors (Lipinski definition) is 5. The summed E-state index contributed by atoms with van der Waals surface area (Å²) in [6.07, 6.45) is 0. The van der Waals surface area contributed by atoms with Crippen LogP contribution in [0.25, 0.3) is 0 Å². The van der Waals surface area contributed by atoms with Gasteiger partial charge >= 0.3 is 0 Å². The van der Waals surface area contributed by atoms with Gasteiger partial charge in [-0.3, -0.25) is 4.79 Å². The summed E-state index contributed by atoms with van der Waals surface area (Å²) in [5.74, 6) is 1.56. The molecular formula is C13H12N2O4. The minimum atomic E-state index is -0.243. The predicted octanol–water partition coefficient (Wildman–Crippen LogP) is 2.27. The van der Waals surface area contributed by atoms with Crippen LogP contribution in [0.4, 0.5) is 5.69 Å². The lowest BCUT2D eigenvalue weighted by Crippen LogP contribution is -2.12. The second-order valence-corrected chi connectivity index (χ2v) is 4.22. The molecule has 98 valence electrons. The molecule has 0 spiro atoms. The Morgan fingerprint density at radius 3 is 2.79 bits per heavy atom. The van der Waals surface area contributed by atoms with E-state index in [1.54, 1.807) is 32.0 Å². The number of carbonyl (C=O) groups excluding carboxylic acids is 1. The molecule has 2 heterocycles. The van der Waals surface area contributed by atoms with Crippen molar-refractivity contribution < 1.29 is 18.8 Å². The molecule has 6 heteroatoms. The van der Waals surface area contributed by atoms with E-state index in [0.29, 0.717) is 34.2 Å². The standard InChI is InChI=1S/C13H12N2O4/c1-7-12(8(2)19-15-7)14-13(16)9-3-4-10-11(5-9)18-6-17-10/h3-5H,6H2,1-2H3,(H,14,16). The number of fused-ring (bicyclic) bond motifs is 1. The molecule has 1 aromatic carbocycles. The van der Waals surface area contributed by atoms with E-state index in [-0.39, 0.29) is 12.7 Å². The number of carbonyl (C=O) groups is 1. The maximum Gasteiger partial charge on any atom is 0.255 e. The third-order valence-corrected chi connectivity index (χ3v) is 2.91. The van der Waals surface area contributed by atoms with E-state index in [1.807, 2.05) is 0 Å². The highest BCUT2D eigenvalue weighted by atomic mass is 16.7. The molecule has 0 aliphatic carbocycles. The molecule has 1 amide bonds. The third kappa shape index (κ3) is 2.01. The molecule has 0 saturated carbocycles. The fraction of sp³-hybridized carbons (Fsp3) is 0.231. The molecule has 1 aromatic heterocycles. The number of hydrogen-bond donors (Lipinski definition) is 1. The van der Waals surface area contributed by atoms with Crippen molar-refractivity contribution in [1.29, 1.82) is 0 Å². The van der Waals surface area contributed by atoms with Gasteiger partial charge in [0, 0.05) is 5.56 Å². The van der Waals surface area contributed by atoms with Crippen molar-refractivity contribution in [3.63, 3.8) is 0 Å². The van der Waals surface area contributed by atoms with Crippen LogP contribution in [-0.4, -0.2) is 17.9 Å². The van der Waals surface area contributed by atoms with Crippen LogP contribution in [-0.2, 0) is 0 Å². The lowest BCUT2D eigenvalue weighted by Gasteiger charge is -2.05. The summed E-state index contributed by atoms with van der Waals surface area (Å²) in [6, 6.07) is 5.04. The highest BCUT2D eigenvalue weighted by Crippen LogP contribution is 2.32. The van der Waals surface area contributed by atoms with Gasteiger partial charge in [-0.15, -0.1) is 0 Å². The van der Waals surface area contributed by atoms with Crippen LogP contribution in [0.2, 0.25) is 0 Å². The quantitative estimate of drug-likeness (QED) is 0.896. The lowest BCUT2D eigenvalue weighted by molar-refractivity contribution is 0.102. The number of aryl methyl sites for hydroxylation is 2. The molecule has 0 saturated heterocycles. The Morgan fingerprint density at radius 2 is 2.05 bits per heavy atom. The number of nitrogens with one attached hydrogen (secondary N) is 1. The fourth-order valence-corrected chi connectivity index (χ4v) is 1.88. The van der Waals surface area contributed by atoms with Crippen molar-refractivity contribution in [3.8, 4) is 11.5 Å². The van der Waals surface area contributed by atoms with Gasteiger partial charge in [-0.1, -0.05) is 5.16 Å². The first-order chi connectivity index (χ1) is 9.15. The van der Waals surface area contributed by atoms with E-state index in [1.165, 1.54) is 0 Å². The van der Waals surface area contributed by atoms with Crippen molar-refractivity contribution >= 4 is 11.6 Å². The topological polar surface area (TPSA) is 73.6 Å². The van der Waals surface area contributed by atoms with Crippen molar-refractivity contribution in [2.24, 2.45) is 0 Å². The van der Waals surface area contributed by atoms with Crippen LogP contribution in [0, 0.1) is 13.8 Å². The Hall–Kier alpha value is -2.50. The summed E-state index contributed by atoms with van der Waals surface area (Å²) in [6.45, 7) is 3.70. The Labute approximate surface area is 109 Å². The fourth-order valence-electron chi connectivity index (χ4n) is 1.88. The van der Waals surface area contributed by atoms with E-state index >= 15 is 0 Å². The van der Waals surface area contributed by atoms with E-state index in [4.69, 9.17) is 14.0 Å². The van der Waals surface area contributed by atoms with Gasteiger partial charge in [-0.25, -0.2) is 0 Å². The summed E-state index contributed by atoms with van der Waals surface area (Å²) in [7, 11) is 0. The van der Waals surface area contributed by atoms with Gasteiger partial charge in [0.15, 0.2) is 17.3 Å². The molecule has 0 unspecified atom stereocenters. The molecule has 6 nitrogen and oxygen atoms in total. The van der Waals surface area contributed by atoms with E-state index in [0.717, 1.165) is 0 Å². The molecular weight excluding hydrogens is 248 g/mol. The van der Waals surface area contributed by atoms with Crippen LogP contribution >= 0.6 is 0 Å². The highest BCUT2D eigenvalue weighted by Gasteiger charge is 2.18. The Morgan fingerprint density at radius 1 is 1.26 bits per heavy atom. The van der Waals surface area contributed by atoms with E-state index in [2.05, 4.69) is 10.5 Å². The molecule has 0 fully saturated rings. The minimum absolute atomic E-state index is 0.185. The summed E-state index contributed by atoms with van der Waals surface area (Å²) in [5, 5.41) is 6.56. The zero-order chi connectivity index (χ0) is 13.4. The monoisotopic (exact) mass is 260 g/mol. The number of anilines is 1. The largest absolute Gasteiger partial charge is 0.454 e. The van der Waals surface area contributed by atoms with Crippen LogP contribution in [0.3, 0.4) is 0 Å². The van der Waals surface area contributed by atoms with Crippen LogP contribution in [0.15, 0.2) is 22.7 Å². The van der Waals surface area contributed by atoms with Gasteiger partial charge in [-0.2, -0.15) is 0 Å². The molecule has 2 aromatic rings. The van der Waals surface area contributed by atoms with Crippen molar-refractivity contribution in [1.82, 2.24) is 5.16 Å². The zero-order valence-electron chi connectivity index (χ0n) is 10.5. The molecule has 0 radical (unpaired) electrons. The Kier molecular flexibility index (Phi) is 2.63. The first-order valence-corrected chi connectivity index (χ1v) is 5.79. The van der Waals surface area contributed by atoms with Gasteiger partial charge < -0.3 is 19.3 Å². The number of rotatable bonds is 2. The zero-order valence-corrected chi connectivity index (χ0v) is 10.5. The number of ether oxygens (including phenoxy) is 2. The Bertz CT molecular complexity index is 629. The molecule has 1 N–H and O–H groups in total. The smallest absolute Gasteiger partial charge is 0.255 e. The van der Waals surface area contributed by atoms with Crippen LogP contribution < -0.4 is 14.8 Å². The summed E-state index contributed by atoms with van der Waals surface area (Å²) < 4.78 is 15.4. The van der Waals surface area contributed by atoms with E-state index in [9.17, 15) is 4.79 Å². The van der Waals surface area contributed by atoms with Crippen molar-refractivity contribution in [2.75, 3.05) is 12.1 Å².